The highest BCUT2D eigenvalue weighted by Gasteiger charge is 2.46. The summed E-state index contributed by atoms with van der Waals surface area (Å²) in [6, 6.07) is 1.66. The van der Waals surface area contributed by atoms with Crippen molar-refractivity contribution in [2.24, 2.45) is 18.9 Å². The number of ether oxygens (including phenoxy) is 1. The van der Waals surface area contributed by atoms with Gasteiger partial charge in [0.2, 0.25) is 10.0 Å². The quantitative estimate of drug-likeness (QED) is 0.764. The molecular weight excluding hydrogens is 332 g/mol. The fourth-order valence-corrected chi connectivity index (χ4v) is 5.05. The average molecular weight is 356 g/mol. The zero-order chi connectivity index (χ0) is 17.3. The first-order valence-corrected chi connectivity index (χ1v) is 9.89. The van der Waals surface area contributed by atoms with Crippen LogP contribution in [0.25, 0.3) is 0 Å². The molecule has 3 rings (SSSR count). The summed E-state index contributed by atoms with van der Waals surface area (Å²) in [4.78, 5) is 12.2. The second-order valence-electron chi connectivity index (χ2n) is 6.48. The lowest BCUT2D eigenvalue weighted by Gasteiger charge is -2.19. The van der Waals surface area contributed by atoms with Crippen LogP contribution in [0.4, 0.5) is 0 Å². The zero-order valence-corrected chi connectivity index (χ0v) is 14.8. The molecule has 3 atom stereocenters. The number of nitrogens with one attached hydrogen (secondary N) is 1. The van der Waals surface area contributed by atoms with Crippen LogP contribution in [0, 0.1) is 11.8 Å². The van der Waals surface area contributed by atoms with Gasteiger partial charge in [0.25, 0.3) is 5.91 Å². The van der Waals surface area contributed by atoms with Crippen LogP contribution in [0.15, 0.2) is 12.3 Å². The molecule has 1 N–H and O–H groups in total. The third-order valence-electron chi connectivity index (χ3n) is 4.84. The third kappa shape index (κ3) is 3.33. The van der Waals surface area contributed by atoms with Gasteiger partial charge in [0, 0.05) is 44.7 Å². The van der Waals surface area contributed by atoms with Gasteiger partial charge >= 0.3 is 0 Å². The Kier molecular flexibility index (Phi) is 4.93. The van der Waals surface area contributed by atoms with E-state index in [1.165, 1.54) is 4.68 Å². The standard InChI is InChI=1S/C15H24N4O4S/c1-3-6-24(21,22)19-8-12-11(10-23-14(12)9-19)7-16-15(20)13-4-5-17-18(13)2/h4-5,11-12,14H,3,6-10H2,1-2H3,(H,16,20)/t11-,12+,14+/m0/s1. The molecule has 24 heavy (non-hydrogen) atoms. The van der Waals surface area contributed by atoms with Crippen LogP contribution in [0.3, 0.4) is 0 Å². The van der Waals surface area contributed by atoms with E-state index in [1.807, 2.05) is 6.92 Å². The molecule has 0 aromatic carbocycles. The minimum atomic E-state index is -3.19. The first-order valence-electron chi connectivity index (χ1n) is 8.28. The molecule has 0 aliphatic carbocycles. The molecule has 134 valence electrons. The Labute approximate surface area is 142 Å². The van der Waals surface area contributed by atoms with Crippen molar-refractivity contribution in [2.75, 3.05) is 32.0 Å². The van der Waals surface area contributed by atoms with Gasteiger partial charge in [-0.1, -0.05) is 6.92 Å². The van der Waals surface area contributed by atoms with Crippen LogP contribution in [0.5, 0.6) is 0 Å². The molecule has 2 fully saturated rings. The fourth-order valence-electron chi connectivity index (χ4n) is 3.50. The second kappa shape index (κ2) is 6.81. The lowest BCUT2D eigenvalue weighted by Crippen LogP contribution is -2.36. The van der Waals surface area contributed by atoms with Crippen LogP contribution in [0.2, 0.25) is 0 Å². The van der Waals surface area contributed by atoms with Crippen molar-refractivity contribution >= 4 is 15.9 Å². The number of amides is 1. The van der Waals surface area contributed by atoms with Crippen LogP contribution < -0.4 is 5.32 Å². The normalized spacial score (nSPS) is 27.3. The van der Waals surface area contributed by atoms with E-state index in [0.717, 1.165) is 0 Å². The number of aryl methyl sites for hydroxylation is 1. The number of aromatic nitrogens is 2. The van der Waals surface area contributed by atoms with Gasteiger partial charge in [-0.2, -0.15) is 9.40 Å². The smallest absolute Gasteiger partial charge is 0.269 e. The zero-order valence-electron chi connectivity index (χ0n) is 14.0. The highest BCUT2D eigenvalue weighted by Crippen LogP contribution is 2.34. The highest BCUT2D eigenvalue weighted by atomic mass is 32.2. The van der Waals surface area contributed by atoms with Crippen molar-refractivity contribution in [3.63, 3.8) is 0 Å². The summed E-state index contributed by atoms with van der Waals surface area (Å²) in [5, 5.41) is 6.89. The maximum atomic E-state index is 12.2. The monoisotopic (exact) mass is 356 g/mol. The number of hydrogen-bond donors (Lipinski definition) is 1. The molecule has 2 saturated heterocycles. The van der Waals surface area contributed by atoms with Crippen molar-refractivity contribution in [3.8, 4) is 0 Å². The number of sulfonamides is 1. The second-order valence-corrected chi connectivity index (χ2v) is 8.57. The van der Waals surface area contributed by atoms with Gasteiger partial charge in [0.15, 0.2) is 0 Å². The van der Waals surface area contributed by atoms with Crippen molar-refractivity contribution in [1.82, 2.24) is 19.4 Å². The van der Waals surface area contributed by atoms with E-state index < -0.39 is 10.0 Å². The highest BCUT2D eigenvalue weighted by molar-refractivity contribution is 7.89. The molecule has 9 heteroatoms. The molecule has 3 heterocycles. The molecule has 0 bridgehead atoms. The van der Waals surface area contributed by atoms with E-state index in [9.17, 15) is 13.2 Å². The Balaban J connectivity index is 1.57. The minimum absolute atomic E-state index is 0.0600. The SMILES string of the molecule is CCCS(=O)(=O)N1C[C@@H]2[C@@H](CNC(=O)c3ccnn3C)CO[C@@H]2C1. The van der Waals surface area contributed by atoms with Crippen molar-refractivity contribution in [1.29, 1.82) is 0 Å². The summed E-state index contributed by atoms with van der Waals surface area (Å²) in [6.45, 7) is 3.82. The largest absolute Gasteiger partial charge is 0.376 e. The number of hydrogen-bond acceptors (Lipinski definition) is 5. The lowest BCUT2D eigenvalue weighted by molar-refractivity contribution is 0.0924. The van der Waals surface area contributed by atoms with Crippen molar-refractivity contribution in [3.05, 3.63) is 18.0 Å². The molecule has 8 nitrogen and oxygen atoms in total. The van der Waals surface area contributed by atoms with Crippen molar-refractivity contribution in [2.45, 2.75) is 19.4 Å². The Morgan fingerprint density at radius 1 is 1.46 bits per heavy atom. The molecule has 2 aliphatic rings. The molecule has 0 unspecified atom stereocenters. The molecular formula is C15H24N4O4S. The van der Waals surface area contributed by atoms with E-state index in [4.69, 9.17) is 4.74 Å². The predicted octanol–water partition coefficient (Wildman–Crippen LogP) is -0.163. The van der Waals surface area contributed by atoms with Gasteiger partial charge in [-0.05, 0) is 12.5 Å². The first-order chi connectivity index (χ1) is 11.4. The Bertz CT molecular complexity index is 702. The molecule has 1 aromatic rings. The van der Waals surface area contributed by atoms with Gasteiger partial charge < -0.3 is 10.1 Å². The summed E-state index contributed by atoms with van der Waals surface area (Å²) in [6.07, 6.45) is 2.13. The van der Waals surface area contributed by atoms with E-state index in [2.05, 4.69) is 10.4 Å². The molecule has 0 radical (unpaired) electrons. The Hall–Kier alpha value is -1.45. The Morgan fingerprint density at radius 3 is 2.92 bits per heavy atom. The fraction of sp³-hybridized carbons (Fsp3) is 0.733. The maximum absolute atomic E-state index is 12.2. The van der Waals surface area contributed by atoms with Crippen LogP contribution in [-0.4, -0.2) is 66.5 Å². The third-order valence-corrected chi connectivity index (χ3v) is 6.85. The average Bonchev–Trinajstić information content (AvgIpc) is 3.20. The first kappa shape index (κ1) is 17.4. The maximum Gasteiger partial charge on any atom is 0.269 e. The van der Waals surface area contributed by atoms with Crippen LogP contribution in [0.1, 0.15) is 23.8 Å². The van der Waals surface area contributed by atoms with Crippen LogP contribution >= 0.6 is 0 Å². The number of fused-ring (bicyclic) bond motifs is 1. The summed E-state index contributed by atoms with van der Waals surface area (Å²) < 4.78 is 33.3. The minimum Gasteiger partial charge on any atom is -0.376 e. The van der Waals surface area contributed by atoms with Gasteiger partial charge in [-0.15, -0.1) is 0 Å². The molecule has 0 saturated carbocycles. The van der Waals surface area contributed by atoms with Gasteiger partial charge in [0.1, 0.15) is 5.69 Å². The number of nitrogens with zero attached hydrogens (tertiary/aromatic N) is 3. The summed E-state index contributed by atoms with van der Waals surface area (Å²) in [5.41, 5.74) is 0.504. The van der Waals surface area contributed by atoms with Gasteiger partial charge in [-0.3, -0.25) is 9.48 Å². The number of carbonyl (C=O) groups is 1. The number of carbonyl (C=O) groups excluding carboxylic acids is 1. The van der Waals surface area contributed by atoms with Gasteiger partial charge in [-0.25, -0.2) is 8.42 Å². The molecule has 1 aromatic heterocycles. The topological polar surface area (TPSA) is 93.5 Å². The molecule has 1 amide bonds. The van der Waals surface area contributed by atoms with Crippen LogP contribution in [-0.2, 0) is 21.8 Å². The van der Waals surface area contributed by atoms with E-state index in [-0.39, 0.29) is 29.6 Å². The molecule has 0 spiro atoms. The summed E-state index contributed by atoms with van der Waals surface area (Å²) in [5.74, 6) is 0.276. The van der Waals surface area contributed by atoms with E-state index in [1.54, 1.807) is 23.6 Å². The van der Waals surface area contributed by atoms with Gasteiger partial charge in [0.05, 0.1) is 18.5 Å². The molecule has 2 aliphatic heterocycles. The predicted molar refractivity (Wildman–Crippen MR) is 87.9 cm³/mol. The van der Waals surface area contributed by atoms with E-state index in [0.29, 0.717) is 38.4 Å². The van der Waals surface area contributed by atoms with E-state index >= 15 is 0 Å². The summed E-state index contributed by atoms with van der Waals surface area (Å²) in [7, 11) is -1.47. The summed E-state index contributed by atoms with van der Waals surface area (Å²) >= 11 is 0. The Morgan fingerprint density at radius 2 is 2.25 bits per heavy atom. The lowest BCUT2D eigenvalue weighted by atomic mass is 9.93. The van der Waals surface area contributed by atoms with Crippen molar-refractivity contribution < 1.29 is 17.9 Å². The number of rotatable bonds is 6.